The number of carbonyl (C=O) groups excluding carboxylic acids is 1. The Morgan fingerprint density at radius 1 is 1.33 bits per heavy atom. The standard InChI is InChI=1S/C17H26ClN5O/c1-12(2)7-14(10-22(3)4)21-17(24)19-8-15-11-23-9-13(18)5-6-16(23)20-15/h5-6,9,11-12,14H,7-8,10H2,1-4H3,(H2,19,21,24). The quantitative estimate of drug-likeness (QED) is 0.806. The molecule has 2 aromatic heterocycles. The average Bonchev–Trinajstić information content (AvgIpc) is 2.85. The van der Waals surface area contributed by atoms with Gasteiger partial charge in [0, 0.05) is 25.0 Å². The smallest absolute Gasteiger partial charge is 0.315 e. The van der Waals surface area contributed by atoms with E-state index in [2.05, 4.69) is 34.4 Å². The monoisotopic (exact) mass is 351 g/mol. The lowest BCUT2D eigenvalue weighted by Crippen LogP contribution is -2.46. The summed E-state index contributed by atoms with van der Waals surface area (Å²) in [5.74, 6) is 0.526. The number of pyridine rings is 1. The molecule has 7 heteroatoms. The minimum absolute atomic E-state index is 0.125. The van der Waals surface area contributed by atoms with Crippen molar-refractivity contribution in [3.63, 3.8) is 0 Å². The Morgan fingerprint density at radius 3 is 2.75 bits per heavy atom. The predicted octanol–water partition coefficient (Wildman–Crippen LogP) is 2.76. The van der Waals surface area contributed by atoms with E-state index in [1.165, 1.54) is 0 Å². The van der Waals surface area contributed by atoms with Crippen LogP contribution in [0, 0.1) is 5.92 Å². The first kappa shape index (κ1) is 18.5. The number of nitrogens with zero attached hydrogens (tertiary/aromatic N) is 3. The molecule has 2 heterocycles. The van der Waals surface area contributed by atoms with E-state index in [-0.39, 0.29) is 12.1 Å². The molecule has 2 rings (SSSR count). The molecule has 0 spiro atoms. The van der Waals surface area contributed by atoms with Crippen LogP contribution in [0.25, 0.3) is 5.65 Å². The van der Waals surface area contributed by atoms with Crippen molar-refractivity contribution in [1.82, 2.24) is 24.9 Å². The maximum absolute atomic E-state index is 12.2. The summed E-state index contributed by atoms with van der Waals surface area (Å²) in [4.78, 5) is 18.7. The summed E-state index contributed by atoms with van der Waals surface area (Å²) in [6, 6.07) is 3.60. The molecule has 0 fully saturated rings. The average molecular weight is 352 g/mol. The summed E-state index contributed by atoms with van der Waals surface area (Å²) >= 11 is 5.96. The second kappa shape index (κ2) is 8.35. The second-order valence-corrected chi connectivity index (χ2v) is 7.20. The molecule has 6 nitrogen and oxygen atoms in total. The number of rotatable bonds is 7. The molecule has 24 heavy (non-hydrogen) atoms. The van der Waals surface area contributed by atoms with E-state index < -0.39 is 0 Å². The van der Waals surface area contributed by atoms with Crippen LogP contribution in [-0.2, 0) is 6.54 Å². The van der Waals surface area contributed by atoms with Gasteiger partial charge < -0.3 is 19.9 Å². The van der Waals surface area contributed by atoms with E-state index >= 15 is 0 Å². The van der Waals surface area contributed by atoms with Gasteiger partial charge in [0.15, 0.2) is 0 Å². The van der Waals surface area contributed by atoms with E-state index in [1.54, 1.807) is 12.3 Å². The van der Waals surface area contributed by atoms with Gasteiger partial charge in [-0.3, -0.25) is 0 Å². The van der Waals surface area contributed by atoms with E-state index in [4.69, 9.17) is 11.6 Å². The lowest BCUT2D eigenvalue weighted by Gasteiger charge is -2.24. The summed E-state index contributed by atoms with van der Waals surface area (Å²) in [5, 5.41) is 6.57. The molecule has 2 N–H and O–H groups in total. The maximum atomic E-state index is 12.2. The normalized spacial score (nSPS) is 12.8. The molecule has 0 aromatic carbocycles. The summed E-state index contributed by atoms with van der Waals surface area (Å²) in [7, 11) is 4.02. The van der Waals surface area contributed by atoms with E-state index in [0.29, 0.717) is 17.5 Å². The molecule has 0 saturated heterocycles. The number of hydrogen-bond acceptors (Lipinski definition) is 3. The van der Waals surface area contributed by atoms with Crippen molar-refractivity contribution >= 4 is 23.3 Å². The van der Waals surface area contributed by atoms with E-state index in [0.717, 1.165) is 24.3 Å². The van der Waals surface area contributed by atoms with E-state index in [9.17, 15) is 4.79 Å². The Labute approximate surface area is 148 Å². The molecule has 1 unspecified atom stereocenters. The Bertz CT molecular complexity index is 673. The van der Waals surface area contributed by atoms with Crippen LogP contribution in [0.5, 0.6) is 0 Å². The van der Waals surface area contributed by atoms with Crippen LogP contribution >= 0.6 is 11.6 Å². The lowest BCUT2D eigenvalue weighted by atomic mass is 10.0. The van der Waals surface area contributed by atoms with Crippen molar-refractivity contribution in [3.05, 3.63) is 35.2 Å². The Morgan fingerprint density at radius 2 is 2.08 bits per heavy atom. The second-order valence-electron chi connectivity index (χ2n) is 6.76. The van der Waals surface area contributed by atoms with Crippen molar-refractivity contribution in [2.75, 3.05) is 20.6 Å². The highest BCUT2D eigenvalue weighted by Crippen LogP contribution is 2.11. The first-order valence-corrected chi connectivity index (χ1v) is 8.53. The lowest BCUT2D eigenvalue weighted by molar-refractivity contribution is 0.228. The summed E-state index contributed by atoms with van der Waals surface area (Å²) in [5.41, 5.74) is 1.60. The zero-order valence-electron chi connectivity index (χ0n) is 14.7. The SMILES string of the molecule is CC(C)CC(CN(C)C)NC(=O)NCc1cn2cc(Cl)ccc2n1. The largest absolute Gasteiger partial charge is 0.334 e. The number of imidazole rings is 1. The minimum atomic E-state index is -0.169. The first-order chi connectivity index (χ1) is 11.3. The molecule has 0 saturated carbocycles. The Hall–Kier alpha value is -1.79. The van der Waals surface area contributed by atoms with Crippen molar-refractivity contribution in [3.8, 4) is 0 Å². The molecule has 0 aliphatic carbocycles. The Balaban J connectivity index is 1.90. The summed E-state index contributed by atoms with van der Waals surface area (Å²) in [6.07, 6.45) is 4.61. The summed E-state index contributed by atoms with van der Waals surface area (Å²) < 4.78 is 1.85. The molecular weight excluding hydrogens is 326 g/mol. The predicted molar refractivity (Wildman–Crippen MR) is 97.4 cm³/mol. The molecule has 0 aliphatic rings. The zero-order chi connectivity index (χ0) is 17.7. The molecule has 2 aromatic rings. The number of aromatic nitrogens is 2. The van der Waals surface area contributed by atoms with Gasteiger partial charge in [-0.1, -0.05) is 25.4 Å². The number of carbonyl (C=O) groups is 1. The fraction of sp³-hybridized carbons (Fsp3) is 0.529. The topological polar surface area (TPSA) is 61.7 Å². The maximum Gasteiger partial charge on any atom is 0.315 e. The van der Waals surface area contributed by atoms with E-state index in [1.807, 2.05) is 30.8 Å². The van der Waals surface area contributed by atoms with Crippen LogP contribution in [0.4, 0.5) is 4.79 Å². The molecule has 0 radical (unpaired) electrons. The van der Waals surface area contributed by atoms with Crippen LogP contribution in [0.15, 0.2) is 24.5 Å². The van der Waals surface area contributed by atoms with Gasteiger partial charge in [0.2, 0.25) is 0 Å². The number of nitrogens with one attached hydrogen (secondary N) is 2. The summed E-state index contributed by atoms with van der Waals surface area (Å²) in [6.45, 7) is 5.51. The number of amides is 2. The molecule has 0 bridgehead atoms. The highest BCUT2D eigenvalue weighted by molar-refractivity contribution is 6.30. The molecular formula is C17H26ClN5O. The zero-order valence-corrected chi connectivity index (χ0v) is 15.5. The highest BCUT2D eigenvalue weighted by atomic mass is 35.5. The van der Waals surface area contributed by atoms with Crippen LogP contribution in [0.1, 0.15) is 26.0 Å². The fourth-order valence-corrected chi connectivity index (χ4v) is 2.87. The molecule has 2 amide bonds. The minimum Gasteiger partial charge on any atom is -0.334 e. The fourth-order valence-electron chi connectivity index (χ4n) is 2.70. The van der Waals surface area contributed by atoms with Gasteiger partial charge in [0.05, 0.1) is 17.3 Å². The number of likely N-dealkylation sites (N-methyl/N-ethyl adjacent to an activating group) is 1. The van der Waals surface area contributed by atoms with Gasteiger partial charge in [-0.25, -0.2) is 9.78 Å². The van der Waals surface area contributed by atoms with Crippen molar-refractivity contribution in [2.45, 2.75) is 32.9 Å². The number of hydrogen-bond donors (Lipinski definition) is 2. The third-order valence-corrected chi connectivity index (χ3v) is 3.80. The molecule has 1 atom stereocenters. The van der Waals surface area contributed by atoms with Gasteiger partial charge in [-0.15, -0.1) is 0 Å². The number of urea groups is 1. The highest BCUT2D eigenvalue weighted by Gasteiger charge is 2.15. The van der Waals surface area contributed by atoms with Gasteiger partial charge >= 0.3 is 6.03 Å². The van der Waals surface area contributed by atoms with Gasteiger partial charge in [0.25, 0.3) is 0 Å². The third-order valence-electron chi connectivity index (χ3n) is 3.57. The first-order valence-electron chi connectivity index (χ1n) is 8.15. The Kier molecular flexibility index (Phi) is 6.45. The van der Waals surface area contributed by atoms with Crippen molar-refractivity contribution < 1.29 is 4.79 Å². The number of halogens is 1. The van der Waals surface area contributed by atoms with Crippen LogP contribution < -0.4 is 10.6 Å². The third kappa shape index (κ3) is 5.69. The molecule has 0 aliphatic heterocycles. The van der Waals surface area contributed by atoms with Gasteiger partial charge in [-0.05, 0) is 38.6 Å². The van der Waals surface area contributed by atoms with Gasteiger partial charge in [-0.2, -0.15) is 0 Å². The van der Waals surface area contributed by atoms with Crippen molar-refractivity contribution in [1.29, 1.82) is 0 Å². The molecule has 132 valence electrons. The number of fused-ring (bicyclic) bond motifs is 1. The van der Waals surface area contributed by atoms with Crippen LogP contribution in [-0.4, -0.2) is 47.0 Å². The van der Waals surface area contributed by atoms with Gasteiger partial charge in [0.1, 0.15) is 5.65 Å². The van der Waals surface area contributed by atoms with Crippen LogP contribution in [0.3, 0.4) is 0 Å². The van der Waals surface area contributed by atoms with Crippen molar-refractivity contribution in [2.24, 2.45) is 5.92 Å². The van der Waals surface area contributed by atoms with Crippen LogP contribution in [0.2, 0.25) is 5.02 Å².